The van der Waals surface area contributed by atoms with Crippen molar-refractivity contribution in [2.45, 2.75) is 6.92 Å². The van der Waals surface area contributed by atoms with E-state index in [2.05, 4.69) is 9.97 Å². The largest absolute Gasteiger partial charge is 0.396 e. The minimum Gasteiger partial charge on any atom is -0.396 e. The highest BCUT2D eigenvalue weighted by atomic mass is 35.5. The predicted molar refractivity (Wildman–Crippen MR) is 50.3 cm³/mol. The van der Waals surface area contributed by atoms with Gasteiger partial charge in [-0.2, -0.15) is 0 Å². The number of hydrogen-bond donors (Lipinski definition) is 2. The van der Waals surface area contributed by atoms with Crippen LogP contribution in [-0.2, 0) is 0 Å². The van der Waals surface area contributed by atoms with Gasteiger partial charge in [-0.1, -0.05) is 11.6 Å². The Labute approximate surface area is 74.5 Å². The fourth-order valence-corrected chi connectivity index (χ4v) is 1.49. The van der Waals surface area contributed by atoms with Gasteiger partial charge in [-0.15, -0.1) is 0 Å². The molecule has 4 heteroatoms. The van der Waals surface area contributed by atoms with Crippen molar-refractivity contribution in [1.82, 2.24) is 9.97 Å². The van der Waals surface area contributed by atoms with Gasteiger partial charge in [-0.05, 0) is 18.6 Å². The molecule has 0 bridgehead atoms. The molecule has 0 radical (unpaired) electrons. The summed E-state index contributed by atoms with van der Waals surface area (Å²) in [5, 5.41) is 0.478. The van der Waals surface area contributed by atoms with Crippen molar-refractivity contribution in [2.24, 2.45) is 0 Å². The third-order valence-corrected chi connectivity index (χ3v) is 2.02. The number of nitrogens with zero attached hydrogens (tertiary/aromatic N) is 1. The fourth-order valence-electron chi connectivity index (χ4n) is 1.24. The van der Waals surface area contributed by atoms with Crippen LogP contribution in [0.5, 0.6) is 0 Å². The molecular weight excluding hydrogens is 174 g/mol. The molecule has 0 unspecified atom stereocenters. The molecule has 0 aliphatic heterocycles. The molecule has 0 aromatic carbocycles. The Morgan fingerprint density at radius 2 is 2.33 bits per heavy atom. The van der Waals surface area contributed by atoms with Crippen LogP contribution in [0.1, 0.15) is 5.56 Å². The topological polar surface area (TPSA) is 54.7 Å². The average molecular weight is 182 g/mol. The van der Waals surface area contributed by atoms with Crippen LogP contribution < -0.4 is 5.73 Å². The van der Waals surface area contributed by atoms with E-state index in [4.69, 9.17) is 17.3 Å². The van der Waals surface area contributed by atoms with E-state index in [9.17, 15) is 0 Å². The molecule has 0 aliphatic rings. The van der Waals surface area contributed by atoms with Crippen LogP contribution in [0, 0.1) is 6.92 Å². The van der Waals surface area contributed by atoms with Gasteiger partial charge in [-0.25, -0.2) is 4.98 Å². The van der Waals surface area contributed by atoms with Gasteiger partial charge in [0.2, 0.25) is 0 Å². The lowest BCUT2D eigenvalue weighted by Gasteiger charge is -1.96. The molecule has 2 heterocycles. The van der Waals surface area contributed by atoms with Gasteiger partial charge >= 0.3 is 0 Å². The Morgan fingerprint density at radius 3 is 3.08 bits per heavy atom. The Morgan fingerprint density at radius 1 is 1.58 bits per heavy atom. The SMILES string of the molecule is Cc1cc(Cl)nc2c(N)c[nH]c12. The highest BCUT2D eigenvalue weighted by molar-refractivity contribution is 6.30. The third kappa shape index (κ3) is 0.940. The first-order chi connectivity index (χ1) is 5.68. The molecule has 0 spiro atoms. The first kappa shape index (κ1) is 7.43. The molecule has 2 rings (SSSR count). The second kappa shape index (κ2) is 2.38. The summed E-state index contributed by atoms with van der Waals surface area (Å²) in [5.41, 5.74) is 9.06. The Bertz CT molecular complexity index is 433. The van der Waals surface area contributed by atoms with E-state index >= 15 is 0 Å². The van der Waals surface area contributed by atoms with Crippen LogP contribution in [0.4, 0.5) is 5.69 Å². The van der Waals surface area contributed by atoms with Gasteiger partial charge in [0.1, 0.15) is 10.7 Å². The molecule has 0 saturated heterocycles. The van der Waals surface area contributed by atoms with Crippen LogP contribution >= 0.6 is 11.6 Å². The van der Waals surface area contributed by atoms with Crippen molar-refractivity contribution in [1.29, 1.82) is 0 Å². The van der Waals surface area contributed by atoms with E-state index in [0.717, 1.165) is 16.6 Å². The number of nitrogens with two attached hydrogens (primary N) is 1. The molecule has 12 heavy (non-hydrogen) atoms. The number of aryl methyl sites for hydroxylation is 1. The number of fused-ring (bicyclic) bond motifs is 1. The Kier molecular flexibility index (Phi) is 1.48. The van der Waals surface area contributed by atoms with Crippen molar-refractivity contribution in [2.75, 3.05) is 5.73 Å². The molecule has 0 fully saturated rings. The van der Waals surface area contributed by atoms with Crippen LogP contribution in [0.3, 0.4) is 0 Å². The van der Waals surface area contributed by atoms with Gasteiger partial charge in [-0.3, -0.25) is 0 Å². The van der Waals surface area contributed by atoms with Gasteiger partial charge < -0.3 is 10.7 Å². The number of aromatic amines is 1. The number of pyridine rings is 1. The predicted octanol–water partition coefficient (Wildman–Crippen LogP) is 2.11. The molecule has 0 saturated carbocycles. The highest BCUT2D eigenvalue weighted by Crippen LogP contribution is 2.23. The normalized spacial score (nSPS) is 10.8. The summed E-state index contributed by atoms with van der Waals surface area (Å²) in [6.07, 6.45) is 1.72. The van der Waals surface area contributed by atoms with E-state index in [1.165, 1.54) is 0 Å². The van der Waals surface area contributed by atoms with Crippen LogP contribution in [0.25, 0.3) is 11.0 Å². The van der Waals surface area contributed by atoms with Crippen LogP contribution in [0.15, 0.2) is 12.3 Å². The molecule has 0 aliphatic carbocycles. The van der Waals surface area contributed by atoms with E-state index in [1.807, 2.05) is 6.92 Å². The van der Waals surface area contributed by atoms with Gasteiger partial charge in [0.15, 0.2) is 0 Å². The zero-order chi connectivity index (χ0) is 8.72. The van der Waals surface area contributed by atoms with Gasteiger partial charge in [0.05, 0.1) is 11.2 Å². The highest BCUT2D eigenvalue weighted by Gasteiger charge is 2.05. The zero-order valence-electron chi connectivity index (χ0n) is 6.56. The fraction of sp³-hybridized carbons (Fsp3) is 0.125. The maximum Gasteiger partial charge on any atom is 0.130 e. The van der Waals surface area contributed by atoms with Crippen molar-refractivity contribution < 1.29 is 0 Å². The summed E-state index contributed by atoms with van der Waals surface area (Å²) in [4.78, 5) is 7.14. The zero-order valence-corrected chi connectivity index (χ0v) is 7.31. The van der Waals surface area contributed by atoms with Crippen molar-refractivity contribution in [3.05, 3.63) is 23.0 Å². The molecule has 0 amide bonds. The second-order valence-corrected chi connectivity index (χ2v) is 3.12. The maximum atomic E-state index is 5.77. The molecule has 0 atom stereocenters. The first-order valence-corrected chi connectivity index (χ1v) is 3.96. The maximum absolute atomic E-state index is 5.77. The average Bonchev–Trinajstić information content (AvgIpc) is 2.33. The molecule has 62 valence electrons. The third-order valence-electron chi connectivity index (χ3n) is 1.83. The number of H-pyrrole nitrogens is 1. The van der Waals surface area contributed by atoms with Crippen LogP contribution in [-0.4, -0.2) is 9.97 Å². The van der Waals surface area contributed by atoms with Crippen molar-refractivity contribution in [3.63, 3.8) is 0 Å². The first-order valence-electron chi connectivity index (χ1n) is 3.58. The smallest absolute Gasteiger partial charge is 0.130 e. The molecular formula is C8H8ClN3. The lowest BCUT2D eigenvalue weighted by atomic mass is 10.2. The standard InChI is InChI=1S/C8H8ClN3/c1-4-2-6(9)12-8-5(10)3-11-7(4)8/h2-3,11H,10H2,1H3. The quantitative estimate of drug-likeness (QED) is 0.612. The molecule has 2 aromatic heterocycles. The lowest BCUT2D eigenvalue weighted by Crippen LogP contribution is -1.85. The Hall–Kier alpha value is -1.22. The van der Waals surface area contributed by atoms with Gasteiger partial charge in [0, 0.05) is 6.20 Å². The summed E-state index contributed by atoms with van der Waals surface area (Å²) in [6.45, 7) is 1.96. The summed E-state index contributed by atoms with van der Waals surface area (Å²) in [7, 11) is 0. The second-order valence-electron chi connectivity index (χ2n) is 2.73. The number of nitrogens with one attached hydrogen (secondary N) is 1. The van der Waals surface area contributed by atoms with Crippen molar-refractivity contribution >= 4 is 28.3 Å². The molecule has 2 aromatic rings. The summed E-state index contributed by atoms with van der Waals surface area (Å²) < 4.78 is 0. The van der Waals surface area contributed by atoms with E-state index in [0.29, 0.717) is 10.8 Å². The number of aromatic nitrogens is 2. The monoisotopic (exact) mass is 181 g/mol. The number of hydrogen-bond acceptors (Lipinski definition) is 2. The van der Waals surface area contributed by atoms with Crippen LogP contribution in [0.2, 0.25) is 5.15 Å². The molecule has 3 nitrogen and oxygen atoms in total. The number of halogens is 1. The number of nitrogen functional groups attached to an aromatic ring is 1. The van der Waals surface area contributed by atoms with E-state index in [1.54, 1.807) is 12.3 Å². The minimum absolute atomic E-state index is 0.478. The number of rotatable bonds is 0. The summed E-state index contributed by atoms with van der Waals surface area (Å²) in [5.74, 6) is 0. The number of anilines is 1. The minimum atomic E-state index is 0.478. The van der Waals surface area contributed by atoms with Gasteiger partial charge in [0.25, 0.3) is 0 Å². The van der Waals surface area contributed by atoms with E-state index < -0.39 is 0 Å². The molecule has 3 N–H and O–H groups in total. The van der Waals surface area contributed by atoms with Crippen molar-refractivity contribution in [3.8, 4) is 0 Å². The lowest BCUT2D eigenvalue weighted by molar-refractivity contribution is 1.35. The van der Waals surface area contributed by atoms with E-state index in [-0.39, 0.29) is 0 Å². The summed E-state index contributed by atoms with van der Waals surface area (Å²) in [6, 6.07) is 1.81. The summed E-state index contributed by atoms with van der Waals surface area (Å²) >= 11 is 5.77. The Balaban J connectivity index is 2.92.